The van der Waals surface area contributed by atoms with Crippen LogP contribution in [0.25, 0.3) is 0 Å². The Hall–Kier alpha value is -2.15. The van der Waals surface area contributed by atoms with Crippen LogP contribution in [0.1, 0.15) is 24.4 Å². The molecule has 2 aromatic rings. The zero-order valence-corrected chi connectivity index (χ0v) is 13.7. The number of nitrogens with one attached hydrogen (secondary N) is 2. The average Bonchev–Trinajstić information content (AvgIpc) is 2.92. The Labute approximate surface area is 133 Å². The fourth-order valence-corrected chi connectivity index (χ4v) is 2.54. The molecule has 1 heterocycles. The summed E-state index contributed by atoms with van der Waals surface area (Å²) >= 11 is 1.37. The lowest BCUT2D eigenvalue weighted by Gasteiger charge is -2.06. The highest BCUT2D eigenvalue weighted by atomic mass is 32.1. The Kier molecular flexibility index (Phi) is 5.71. The van der Waals surface area contributed by atoms with E-state index in [0.29, 0.717) is 24.0 Å². The molecule has 0 spiro atoms. The second kappa shape index (κ2) is 7.74. The number of rotatable bonds is 6. The van der Waals surface area contributed by atoms with Crippen LogP contribution < -0.4 is 15.4 Å². The van der Waals surface area contributed by atoms with Gasteiger partial charge in [-0.05, 0) is 23.6 Å². The molecule has 2 N–H and O–H groups in total. The first-order valence-electron chi connectivity index (χ1n) is 7.07. The maximum absolute atomic E-state index is 11.7. The predicted molar refractivity (Wildman–Crippen MR) is 87.6 cm³/mol. The molecule has 1 aromatic carbocycles. The first kappa shape index (κ1) is 16.2. The number of nitrogens with zero attached hydrogens (tertiary/aromatic N) is 2. The highest BCUT2D eigenvalue weighted by molar-refractivity contribution is 7.15. The number of hydrogen-bond acceptors (Lipinski definition) is 5. The molecule has 0 radical (unpaired) electrons. The van der Waals surface area contributed by atoms with Crippen molar-refractivity contribution in [1.82, 2.24) is 15.5 Å². The van der Waals surface area contributed by atoms with E-state index in [0.717, 1.165) is 16.3 Å². The average molecular weight is 320 g/mol. The van der Waals surface area contributed by atoms with Gasteiger partial charge in [0.05, 0.1) is 7.11 Å². The molecule has 0 aliphatic rings. The third kappa shape index (κ3) is 5.00. The third-order valence-corrected chi connectivity index (χ3v) is 3.69. The van der Waals surface area contributed by atoms with Crippen molar-refractivity contribution >= 4 is 22.5 Å². The van der Waals surface area contributed by atoms with Crippen LogP contribution >= 0.6 is 11.3 Å². The quantitative estimate of drug-likeness (QED) is 0.858. The molecular weight excluding hydrogens is 300 g/mol. The summed E-state index contributed by atoms with van der Waals surface area (Å²) in [4.78, 5) is 11.7. The number of benzene rings is 1. The van der Waals surface area contributed by atoms with Crippen molar-refractivity contribution in [2.45, 2.75) is 20.3 Å². The van der Waals surface area contributed by atoms with Gasteiger partial charge in [-0.15, -0.1) is 10.2 Å². The Morgan fingerprint density at radius 1 is 1.36 bits per heavy atom. The standard InChI is InChI=1S/C15H20N4O2S/c1-10(2)9-16-14(20)17-15-19-18-13(22-15)8-11-5-4-6-12(7-11)21-3/h4-7,10H,8-9H2,1-3H3,(H2,16,17,19,20). The van der Waals surface area contributed by atoms with E-state index in [1.807, 2.05) is 38.1 Å². The minimum Gasteiger partial charge on any atom is -0.497 e. The van der Waals surface area contributed by atoms with Gasteiger partial charge >= 0.3 is 6.03 Å². The van der Waals surface area contributed by atoms with Gasteiger partial charge in [-0.1, -0.05) is 37.3 Å². The van der Waals surface area contributed by atoms with Gasteiger partial charge in [-0.2, -0.15) is 0 Å². The van der Waals surface area contributed by atoms with E-state index in [-0.39, 0.29) is 6.03 Å². The van der Waals surface area contributed by atoms with Crippen molar-refractivity contribution in [2.75, 3.05) is 19.0 Å². The van der Waals surface area contributed by atoms with Crippen LogP contribution in [-0.2, 0) is 6.42 Å². The number of methoxy groups -OCH3 is 1. The highest BCUT2D eigenvalue weighted by Crippen LogP contribution is 2.20. The van der Waals surface area contributed by atoms with E-state index >= 15 is 0 Å². The smallest absolute Gasteiger partial charge is 0.321 e. The summed E-state index contributed by atoms with van der Waals surface area (Å²) in [5.41, 5.74) is 1.09. The van der Waals surface area contributed by atoms with E-state index in [1.54, 1.807) is 7.11 Å². The number of carbonyl (C=O) groups is 1. The van der Waals surface area contributed by atoms with Crippen molar-refractivity contribution in [3.05, 3.63) is 34.8 Å². The van der Waals surface area contributed by atoms with E-state index < -0.39 is 0 Å². The minimum absolute atomic E-state index is 0.252. The highest BCUT2D eigenvalue weighted by Gasteiger charge is 2.09. The largest absolute Gasteiger partial charge is 0.497 e. The minimum atomic E-state index is -0.252. The Bertz CT molecular complexity index is 628. The Balaban J connectivity index is 1.92. The topological polar surface area (TPSA) is 76.1 Å². The van der Waals surface area contributed by atoms with Crippen LogP contribution in [0.4, 0.5) is 9.93 Å². The molecule has 0 fully saturated rings. The predicted octanol–water partition coefficient (Wildman–Crippen LogP) is 2.92. The lowest BCUT2D eigenvalue weighted by molar-refractivity contribution is 0.251. The Morgan fingerprint density at radius 3 is 2.91 bits per heavy atom. The van der Waals surface area contributed by atoms with Gasteiger partial charge in [0, 0.05) is 13.0 Å². The van der Waals surface area contributed by atoms with Crippen LogP contribution in [0.5, 0.6) is 5.75 Å². The number of carbonyl (C=O) groups excluding carboxylic acids is 1. The number of aromatic nitrogens is 2. The molecule has 0 aliphatic carbocycles. The van der Waals surface area contributed by atoms with E-state index in [1.165, 1.54) is 11.3 Å². The van der Waals surface area contributed by atoms with Crippen molar-refractivity contribution in [3.63, 3.8) is 0 Å². The molecule has 0 saturated heterocycles. The summed E-state index contributed by atoms with van der Waals surface area (Å²) in [6.45, 7) is 4.70. The van der Waals surface area contributed by atoms with E-state index in [4.69, 9.17) is 4.74 Å². The van der Waals surface area contributed by atoms with Gasteiger partial charge in [0.1, 0.15) is 10.8 Å². The summed E-state index contributed by atoms with van der Waals surface area (Å²) in [7, 11) is 1.64. The van der Waals surface area contributed by atoms with Crippen molar-refractivity contribution in [3.8, 4) is 5.75 Å². The van der Waals surface area contributed by atoms with Crippen molar-refractivity contribution in [1.29, 1.82) is 0 Å². The number of amides is 2. The molecule has 6 nitrogen and oxygen atoms in total. The maximum Gasteiger partial charge on any atom is 0.321 e. The maximum atomic E-state index is 11.7. The van der Waals surface area contributed by atoms with Gasteiger partial charge in [0.15, 0.2) is 0 Å². The second-order valence-corrected chi connectivity index (χ2v) is 6.32. The third-order valence-electron chi connectivity index (χ3n) is 2.85. The monoisotopic (exact) mass is 320 g/mol. The number of anilines is 1. The summed E-state index contributed by atoms with van der Waals surface area (Å²) in [5, 5.41) is 14.9. The SMILES string of the molecule is COc1cccc(Cc2nnc(NC(=O)NCC(C)C)s2)c1. The van der Waals surface area contributed by atoms with Gasteiger partial charge in [0.25, 0.3) is 0 Å². The fourth-order valence-electron chi connectivity index (χ4n) is 1.77. The van der Waals surface area contributed by atoms with Gasteiger partial charge < -0.3 is 10.1 Å². The lowest BCUT2D eigenvalue weighted by atomic mass is 10.1. The molecule has 7 heteroatoms. The molecule has 0 aliphatic heterocycles. The molecule has 0 atom stereocenters. The normalized spacial score (nSPS) is 10.5. The molecular formula is C15H20N4O2S. The van der Waals surface area contributed by atoms with Crippen LogP contribution in [0.15, 0.2) is 24.3 Å². The second-order valence-electron chi connectivity index (χ2n) is 5.26. The molecule has 1 aromatic heterocycles. The summed E-state index contributed by atoms with van der Waals surface area (Å²) in [5.74, 6) is 1.22. The van der Waals surface area contributed by atoms with Gasteiger partial charge in [-0.3, -0.25) is 5.32 Å². The van der Waals surface area contributed by atoms with Crippen molar-refractivity contribution < 1.29 is 9.53 Å². The van der Waals surface area contributed by atoms with Crippen molar-refractivity contribution in [2.24, 2.45) is 5.92 Å². The molecule has 0 saturated carbocycles. The van der Waals surface area contributed by atoms with Crippen LogP contribution in [0, 0.1) is 5.92 Å². The van der Waals surface area contributed by atoms with Gasteiger partial charge in [-0.25, -0.2) is 4.79 Å². The summed E-state index contributed by atoms with van der Waals surface area (Å²) in [6, 6.07) is 7.55. The van der Waals surface area contributed by atoms with Gasteiger partial charge in [0.2, 0.25) is 5.13 Å². The molecule has 118 valence electrons. The Morgan fingerprint density at radius 2 is 2.18 bits per heavy atom. The van der Waals surface area contributed by atoms with E-state index in [9.17, 15) is 4.79 Å². The zero-order chi connectivity index (χ0) is 15.9. The lowest BCUT2D eigenvalue weighted by Crippen LogP contribution is -2.31. The number of urea groups is 1. The van der Waals surface area contributed by atoms with Crippen LogP contribution in [-0.4, -0.2) is 29.9 Å². The molecule has 22 heavy (non-hydrogen) atoms. The fraction of sp³-hybridized carbons (Fsp3) is 0.400. The molecule has 0 unspecified atom stereocenters. The molecule has 0 bridgehead atoms. The molecule has 2 amide bonds. The first-order chi connectivity index (χ1) is 10.6. The number of ether oxygens (including phenoxy) is 1. The summed E-state index contributed by atoms with van der Waals surface area (Å²) in [6.07, 6.45) is 0.657. The van der Waals surface area contributed by atoms with Crippen LogP contribution in [0.3, 0.4) is 0 Å². The number of hydrogen-bond donors (Lipinski definition) is 2. The summed E-state index contributed by atoms with van der Waals surface area (Å²) < 4.78 is 5.20. The molecule has 2 rings (SSSR count). The van der Waals surface area contributed by atoms with Crippen LogP contribution in [0.2, 0.25) is 0 Å². The zero-order valence-electron chi connectivity index (χ0n) is 12.9. The van der Waals surface area contributed by atoms with E-state index in [2.05, 4.69) is 20.8 Å². The first-order valence-corrected chi connectivity index (χ1v) is 7.88.